The summed E-state index contributed by atoms with van der Waals surface area (Å²) in [6.07, 6.45) is 0. The fourth-order valence-corrected chi connectivity index (χ4v) is 2.36. The Kier molecular flexibility index (Phi) is 3.53. The van der Waals surface area contributed by atoms with E-state index in [1.165, 1.54) is 0 Å². The normalized spacial score (nSPS) is 10.4. The van der Waals surface area contributed by atoms with Gasteiger partial charge in [-0.1, -0.05) is 18.2 Å². The summed E-state index contributed by atoms with van der Waals surface area (Å²) >= 11 is 3.35. The van der Waals surface area contributed by atoms with Crippen molar-refractivity contribution in [2.24, 2.45) is 0 Å². The van der Waals surface area contributed by atoms with Crippen LogP contribution in [0.3, 0.4) is 0 Å². The molecule has 0 saturated carbocycles. The highest BCUT2D eigenvalue weighted by Crippen LogP contribution is 2.24. The number of benzene rings is 2. The van der Waals surface area contributed by atoms with E-state index in [0.717, 1.165) is 21.2 Å². The number of aryl methyl sites for hydroxylation is 2. The molecule has 0 bridgehead atoms. The maximum absolute atomic E-state index is 12.5. The second-order valence-electron chi connectivity index (χ2n) is 4.33. The fraction of sp³-hybridized carbons (Fsp3) is 0.133. The summed E-state index contributed by atoms with van der Waals surface area (Å²) in [4.78, 5) is 12.5. The maximum atomic E-state index is 12.5. The summed E-state index contributed by atoms with van der Waals surface area (Å²) in [5, 5.41) is 0. The van der Waals surface area contributed by atoms with Crippen molar-refractivity contribution in [1.29, 1.82) is 0 Å². The molecule has 0 saturated heterocycles. The molecule has 92 valence electrons. The largest absolute Gasteiger partial charge is 0.398 e. The van der Waals surface area contributed by atoms with Gasteiger partial charge in [0.2, 0.25) is 0 Å². The number of carbonyl (C=O) groups is 1. The van der Waals surface area contributed by atoms with Gasteiger partial charge < -0.3 is 5.73 Å². The Morgan fingerprint density at radius 3 is 2.28 bits per heavy atom. The summed E-state index contributed by atoms with van der Waals surface area (Å²) in [6, 6.07) is 11.1. The van der Waals surface area contributed by atoms with Crippen LogP contribution in [0.5, 0.6) is 0 Å². The van der Waals surface area contributed by atoms with Crippen molar-refractivity contribution in [2.45, 2.75) is 13.8 Å². The van der Waals surface area contributed by atoms with E-state index in [-0.39, 0.29) is 5.78 Å². The topological polar surface area (TPSA) is 43.1 Å². The molecule has 2 aromatic rings. The molecule has 0 unspecified atom stereocenters. The number of halogens is 1. The van der Waals surface area contributed by atoms with E-state index >= 15 is 0 Å². The molecule has 0 aromatic heterocycles. The van der Waals surface area contributed by atoms with Crippen LogP contribution in [0.2, 0.25) is 0 Å². The minimum atomic E-state index is 0.0336. The Bertz CT molecular complexity index is 600. The molecule has 18 heavy (non-hydrogen) atoms. The van der Waals surface area contributed by atoms with Gasteiger partial charge in [-0.05, 0) is 59.1 Å². The van der Waals surface area contributed by atoms with Crippen molar-refractivity contribution in [1.82, 2.24) is 0 Å². The van der Waals surface area contributed by atoms with Gasteiger partial charge in [-0.25, -0.2) is 0 Å². The van der Waals surface area contributed by atoms with Gasteiger partial charge in [0.05, 0.1) is 0 Å². The molecule has 2 aromatic carbocycles. The fourth-order valence-electron chi connectivity index (χ4n) is 1.99. The molecule has 0 amide bonds. The zero-order valence-electron chi connectivity index (χ0n) is 10.3. The van der Waals surface area contributed by atoms with Crippen LogP contribution in [0.4, 0.5) is 5.69 Å². The van der Waals surface area contributed by atoms with Crippen LogP contribution >= 0.6 is 15.9 Å². The van der Waals surface area contributed by atoms with Crippen molar-refractivity contribution < 1.29 is 4.79 Å². The predicted molar refractivity (Wildman–Crippen MR) is 77.9 cm³/mol. The summed E-state index contributed by atoms with van der Waals surface area (Å²) in [7, 11) is 0. The highest BCUT2D eigenvalue weighted by atomic mass is 79.9. The zero-order valence-corrected chi connectivity index (χ0v) is 11.9. The highest BCUT2D eigenvalue weighted by Gasteiger charge is 2.14. The molecule has 0 radical (unpaired) electrons. The molecular weight excluding hydrogens is 290 g/mol. The molecule has 0 aliphatic carbocycles. The lowest BCUT2D eigenvalue weighted by Crippen LogP contribution is -2.06. The van der Waals surface area contributed by atoms with Gasteiger partial charge in [-0.3, -0.25) is 4.79 Å². The smallest absolute Gasteiger partial charge is 0.193 e. The van der Waals surface area contributed by atoms with Gasteiger partial charge in [-0.2, -0.15) is 0 Å². The number of nitrogens with two attached hydrogens (primary N) is 1. The first-order valence-electron chi connectivity index (χ1n) is 5.66. The van der Waals surface area contributed by atoms with Gasteiger partial charge in [0.15, 0.2) is 5.78 Å². The second kappa shape index (κ2) is 4.94. The van der Waals surface area contributed by atoms with Gasteiger partial charge in [0.25, 0.3) is 0 Å². The third-order valence-corrected chi connectivity index (χ3v) is 3.66. The molecule has 0 atom stereocenters. The van der Waals surface area contributed by atoms with Gasteiger partial charge in [-0.15, -0.1) is 0 Å². The number of carbonyl (C=O) groups excluding carboxylic acids is 1. The third kappa shape index (κ3) is 2.31. The molecule has 0 aliphatic rings. The van der Waals surface area contributed by atoms with Gasteiger partial charge >= 0.3 is 0 Å². The molecule has 0 fully saturated rings. The van der Waals surface area contributed by atoms with E-state index < -0.39 is 0 Å². The van der Waals surface area contributed by atoms with Crippen molar-refractivity contribution in [3.05, 3.63) is 63.1 Å². The van der Waals surface area contributed by atoms with E-state index in [2.05, 4.69) is 15.9 Å². The van der Waals surface area contributed by atoms with Crippen LogP contribution in [-0.2, 0) is 0 Å². The summed E-state index contributed by atoms with van der Waals surface area (Å²) in [5.74, 6) is 0.0336. The van der Waals surface area contributed by atoms with Crippen LogP contribution in [-0.4, -0.2) is 5.78 Å². The van der Waals surface area contributed by atoms with Crippen molar-refractivity contribution in [2.75, 3.05) is 5.73 Å². The van der Waals surface area contributed by atoms with E-state index in [9.17, 15) is 4.79 Å². The van der Waals surface area contributed by atoms with Crippen molar-refractivity contribution >= 4 is 27.4 Å². The van der Waals surface area contributed by atoms with E-state index in [4.69, 9.17) is 5.73 Å². The second-order valence-corrected chi connectivity index (χ2v) is 5.19. The summed E-state index contributed by atoms with van der Waals surface area (Å²) in [5.41, 5.74) is 9.77. The average molecular weight is 304 g/mol. The molecular formula is C15H14BrNO. The van der Waals surface area contributed by atoms with Crippen molar-refractivity contribution in [3.63, 3.8) is 0 Å². The molecule has 2 N–H and O–H groups in total. The molecule has 2 nitrogen and oxygen atoms in total. The number of anilines is 1. The Balaban J connectivity index is 2.51. The highest BCUT2D eigenvalue weighted by molar-refractivity contribution is 9.10. The molecule has 0 spiro atoms. The number of hydrogen-bond acceptors (Lipinski definition) is 2. The van der Waals surface area contributed by atoms with Gasteiger partial charge in [0.1, 0.15) is 0 Å². The van der Waals surface area contributed by atoms with E-state index in [1.54, 1.807) is 18.2 Å². The zero-order chi connectivity index (χ0) is 13.3. The van der Waals surface area contributed by atoms with Crippen LogP contribution < -0.4 is 5.73 Å². The lowest BCUT2D eigenvalue weighted by molar-refractivity contribution is 0.103. The Morgan fingerprint density at radius 2 is 1.72 bits per heavy atom. The monoisotopic (exact) mass is 303 g/mol. The Morgan fingerprint density at radius 1 is 1.11 bits per heavy atom. The average Bonchev–Trinajstić information content (AvgIpc) is 2.32. The predicted octanol–water partition coefficient (Wildman–Crippen LogP) is 3.88. The number of ketones is 1. The van der Waals surface area contributed by atoms with Crippen LogP contribution in [0.15, 0.2) is 40.9 Å². The standard InChI is InChI=1S/C15H14BrNO/c1-9-4-3-5-10(2)14(9)15(18)11-6-7-13(17)12(16)8-11/h3-8H,17H2,1-2H3. The number of nitrogen functional groups attached to an aromatic ring is 1. The first-order chi connectivity index (χ1) is 8.50. The molecule has 0 aliphatic heterocycles. The number of rotatable bonds is 2. The Hall–Kier alpha value is -1.61. The molecule has 0 heterocycles. The first kappa shape index (κ1) is 12.8. The van der Waals surface area contributed by atoms with E-state index in [0.29, 0.717) is 11.3 Å². The lowest BCUT2D eigenvalue weighted by Gasteiger charge is -2.09. The first-order valence-corrected chi connectivity index (χ1v) is 6.46. The maximum Gasteiger partial charge on any atom is 0.193 e. The van der Waals surface area contributed by atoms with Gasteiger partial charge in [0, 0.05) is 21.3 Å². The molecule has 3 heteroatoms. The third-order valence-electron chi connectivity index (χ3n) is 2.97. The summed E-state index contributed by atoms with van der Waals surface area (Å²) < 4.78 is 0.750. The Labute approximate surface area is 115 Å². The van der Waals surface area contributed by atoms with Crippen LogP contribution in [0.1, 0.15) is 27.0 Å². The minimum Gasteiger partial charge on any atom is -0.398 e. The van der Waals surface area contributed by atoms with E-state index in [1.807, 2.05) is 32.0 Å². The number of hydrogen-bond donors (Lipinski definition) is 1. The van der Waals surface area contributed by atoms with Crippen LogP contribution in [0, 0.1) is 13.8 Å². The summed E-state index contributed by atoms with van der Waals surface area (Å²) in [6.45, 7) is 3.90. The van der Waals surface area contributed by atoms with Crippen LogP contribution in [0.25, 0.3) is 0 Å². The lowest BCUT2D eigenvalue weighted by atomic mass is 9.95. The van der Waals surface area contributed by atoms with Crippen molar-refractivity contribution in [3.8, 4) is 0 Å². The SMILES string of the molecule is Cc1cccc(C)c1C(=O)c1ccc(N)c(Br)c1. The molecule has 2 rings (SSSR count). The quantitative estimate of drug-likeness (QED) is 0.676. The minimum absolute atomic E-state index is 0.0336.